The van der Waals surface area contributed by atoms with Crippen LogP contribution in [0.1, 0.15) is 50.8 Å². The van der Waals surface area contributed by atoms with E-state index in [0.29, 0.717) is 11.8 Å². The van der Waals surface area contributed by atoms with Crippen molar-refractivity contribution < 1.29 is 0 Å². The zero-order valence-electron chi connectivity index (χ0n) is 9.73. The Hall–Kier alpha value is -1.38. The van der Waals surface area contributed by atoms with Crippen LogP contribution in [0.5, 0.6) is 0 Å². The molecule has 0 aliphatic rings. The summed E-state index contributed by atoms with van der Waals surface area (Å²) in [5.74, 6) is 0.946. The van der Waals surface area contributed by atoms with E-state index in [-0.39, 0.29) is 0 Å². The Morgan fingerprint density at radius 1 is 1.13 bits per heavy atom. The molecule has 0 saturated carbocycles. The predicted molar refractivity (Wildman–Crippen MR) is 61.2 cm³/mol. The van der Waals surface area contributed by atoms with E-state index in [9.17, 15) is 0 Å². The molecule has 0 amide bonds. The first kappa shape index (κ1) is 10.1. The van der Waals surface area contributed by atoms with Gasteiger partial charge in [0, 0.05) is 6.20 Å². The van der Waals surface area contributed by atoms with Crippen LogP contribution in [-0.2, 0) is 0 Å². The zero-order valence-corrected chi connectivity index (χ0v) is 9.73. The lowest BCUT2D eigenvalue weighted by molar-refractivity contribution is 0.820. The molecule has 0 aromatic carbocycles. The van der Waals surface area contributed by atoms with E-state index in [2.05, 4.69) is 43.8 Å². The van der Waals surface area contributed by atoms with Crippen molar-refractivity contribution >= 4 is 5.52 Å². The van der Waals surface area contributed by atoms with Crippen molar-refractivity contribution in [3.8, 4) is 0 Å². The van der Waals surface area contributed by atoms with Gasteiger partial charge in [-0.05, 0) is 23.5 Å². The average Bonchev–Trinajstić information content (AvgIpc) is 2.60. The van der Waals surface area contributed by atoms with Gasteiger partial charge in [-0.15, -0.1) is 0 Å². The lowest BCUT2D eigenvalue weighted by Crippen LogP contribution is -1.99. The summed E-state index contributed by atoms with van der Waals surface area (Å²) in [7, 11) is 0. The van der Waals surface area contributed by atoms with Gasteiger partial charge in [-0.2, -0.15) is 5.10 Å². The fourth-order valence-electron chi connectivity index (χ4n) is 1.87. The molecule has 80 valence electrons. The highest BCUT2D eigenvalue weighted by molar-refractivity contribution is 5.60. The molecule has 0 aliphatic heterocycles. The maximum absolute atomic E-state index is 4.44. The summed E-state index contributed by atoms with van der Waals surface area (Å²) in [6, 6.07) is 2.09. The fraction of sp³-hybridized carbons (Fsp3) is 0.500. The number of nitrogens with zero attached hydrogens (tertiary/aromatic N) is 3. The van der Waals surface area contributed by atoms with E-state index in [1.54, 1.807) is 6.33 Å². The first-order valence-corrected chi connectivity index (χ1v) is 5.43. The molecule has 2 rings (SSSR count). The van der Waals surface area contributed by atoms with Gasteiger partial charge in [0.2, 0.25) is 0 Å². The summed E-state index contributed by atoms with van der Waals surface area (Å²) in [5.41, 5.74) is 3.65. The molecule has 0 radical (unpaired) electrons. The Bertz CT molecular complexity index is 469. The van der Waals surface area contributed by atoms with E-state index < -0.39 is 0 Å². The summed E-state index contributed by atoms with van der Waals surface area (Å²) < 4.78 is 1.88. The van der Waals surface area contributed by atoms with Crippen LogP contribution in [-0.4, -0.2) is 14.6 Å². The number of imidazole rings is 1. The molecule has 0 saturated heterocycles. The number of rotatable bonds is 2. The van der Waals surface area contributed by atoms with Gasteiger partial charge >= 0.3 is 0 Å². The molecule has 15 heavy (non-hydrogen) atoms. The molecule has 2 heterocycles. The molecule has 0 N–H and O–H groups in total. The minimum Gasteiger partial charge on any atom is -0.239 e. The largest absolute Gasteiger partial charge is 0.239 e. The van der Waals surface area contributed by atoms with E-state index in [0.717, 1.165) is 5.69 Å². The molecular formula is C12H17N3. The maximum Gasteiger partial charge on any atom is 0.118 e. The standard InChI is InChI=1S/C12H17N3/c1-8(2)10-5-6-14-15-7-13-11(9(3)4)12(10)15/h5-9H,1-4H3. The lowest BCUT2D eigenvalue weighted by atomic mass is 10.00. The molecule has 3 nitrogen and oxygen atoms in total. The van der Waals surface area contributed by atoms with Gasteiger partial charge in [-0.25, -0.2) is 9.50 Å². The quantitative estimate of drug-likeness (QED) is 0.751. The van der Waals surface area contributed by atoms with Gasteiger partial charge < -0.3 is 0 Å². The number of hydrogen-bond donors (Lipinski definition) is 0. The molecular weight excluding hydrogens is 186 g/mol. The molecule has 0 fully saturated rings. The third-order valence-corrected chi connectivity index (χ3v) is 2.67. The van der Waals surface area contributed by atoms with Gasteiger partial charge in [0.25, 0.3) is 0 Å². The molecule has 0 atom stereocenters. The molecule has 2 aromatic rings. The molecule has 2 aromatic heterocycles. The Labute approximate surface area is 90.1 Å². The second-order valence-electron chi connectivity index (χ2n) is 4.52. The van der Waals surface area contributed by atoms with Crippen LogP contribution in [0.4, 0.5) is 0 Å². The fourth-order valence-corrected chi connectivity index (χ4v) is 1.87. The maximum atomic E-state index is 4.44. The molecule has 0 spiro atoms. The third-order valence-electron chi connectivity index (χ3n) is 2.67. The van der Waals surface area contributed by atoms with Crippen LogP contribution < -0.4 is 0 Å². The second kappa shape index (κ2) is 3.65. The average molecular weight is 203 g/mol. The van der Waals surface area contributed by atoms with Crippen molar-refractivity contribution in [1.29, 1.82) is 0 Å². The summed E-state index contributed by atoms with van der Waals surface area (Å²) in [4.78, 5) is 4.44. The normalized spacial score (nSPS) is 11.9. The molecule has 3 heteroatoms. The Balaban J connectivity index is 2.75. The van der Waals surface area contributed by atoms with Crippen LogP contribution in [0.15, 0.2) is 18.6 Å². The minimum absolute atomic E-state index is 0.441. The lowest BCUT2D eigenvalue weighted by Gasteiger charge is -2.09. The number of aromatic nitrogens is 3. The smallest absolute Gasteiger partial charge is 0.118 e. The number of hydrogen-bond acceptors (Lipinski definition) is 2. The van der Waals surface area contributed by atoms with Crippen molar-refractivity contribution in [3.05, 3.63) is 29.8 Å². The first-order valence-electron chi connectivity index (χ1n) is 5.43. The van der Waals surface area contributed by atoms with Crippen molar-refractivity contribution in [3.63, 3.8) is 0 Å². The van der Waals surface area contributed by atoms with Gasteiger partial charge in [-0.1, -0.05) is 27.7 Å². The highest BCUT2D eigenvalue weighted by Gasteiger charge is 2.14. The first-order chi connectivity index (χ1) is 7.11. The van der Waals surface area contributed by atoms with Crippen LogP contribution in [0, 0.1) is 0 Å². The second-order valence-corrected chi connectivity index (χ2v) is 4.52. The predicted octanol–water partition coefficient (Wildman–Crippen LogP) is 2.98. The third kappa shape index (κ3) is 1.62. The summed E-state index contributed by atoms with van der Waals surface area (Å²) in [6.45, 7) is 8.73. The Kier molecular flexibility index (Phi) is 2.47. The van der Waals surface area contributed by atoms with E-state index in [1.165, 1.54) is 11.1 Å². The van der Waals surface area contributed by atoms with Crippen LogP contribution in [0.3, 0.4) is 0 Å². The van der Waals surface area contributed by atoms with Crippen LogP contribution in [0.2, 0.25) is 0 Å². The van der Waals surface area contributed by atoms with Gasteiger partial charge in [0.15, 0.2) is 0 Å². The summed E-state index contributed by atoms with van der Waals surface area (Å²) in [5, 5.41) is 4.28. The van der Waals surface area contributed by atoms with Crippen LogP contribution >= 0.6 is 0 Å². The van der Waals surface area contributed by atoms with Crippen molar-refractivity contribution in [2.24, 2.45) is 0 Å². The van der Waals surface area contributed by atoms with Gasteiger partial charge in [0.1, 0.15) is 6.33 Å². The van der Waals surface area contributed by atoms with Gasteiger partial charge in [0.05, 0.1) is 11.2 Å². The van der Waals surface area contributed by atoms with Crippen molar-refractivity contribution in [2.75, 3.05) is 0 Å². The topological polar surface area (TPSA) is 30.2 Å². The monoisotopic (exact) mass is 203 g/mol. The minimum atomic E-state index is 0.441. The van der Waals surface area contributed by atoms with Crippen molar-refractivity contribution in [2.45, 2.75) is 39.5 Å². The van der Waals surface area contributed by atoms with E-state index in [4.69, 9.17) is 0 Å². The highest BCUT2D eigenvalue weighted by atomic mass is 15.2. The Morgan fingerprint density at radius 2 is 1.87 bits per heavy atom. The van der Waals surface area contributed by atoms with Gasteiger partial charge in [-0.3, -0.25) is 0 Å². The molecule has 0 aliphatic carbocycles. The Morgan fingerprint density at radius 3 is 2.47 bits per heavy atom. The van der Waals surface area contributed by atoms with E-state index >= 15 is 0 Å². The summed E-state index contributed by atoms with van der Waals surface area (Å²) >= 11 is 0. The molecule has 0 bridgehead atoms. The van der Waals surface area contributed by atoms with Crippen molar-refractivity contribution in [1.82, 2.24) is 14.6 Å². The number of fused-ring (bicyclic) bond motifs is 1. The van der Waals surface area contributed by atoms with Crippen LogP contribution in [0.25, 0.3) is 5.52 Å². The SMILES string of the molecule is CC(C)c1ccnn2cnc(C(C)C)c12. The summed E-state index contributed by atoms with van der Waals surface area (Å²) in [6.07, 6.45) is 3.64. The zero-order chi connectivity index (χ0) is 11.0. The molecule has 0 unspecified atom stereocenters. The van der Waals surface area contributed by atoms with E-state index in [1.807, 2.05) is 10.7 Å². The highest BCUT2D eigenvalue weighted by Crippen LogP contribution is 2.26.